The first-order valence-corrected chi connectivity index (χ1v) is 9.91. The van der Waals surface area contributed by atoms with Crippen LogP contribution in [0.3, 0.4) is 0 Å². The molecule has 1 fully saturated rings. The van der Waals surface area contributed by atoms with Crippen molar-refractivity contribution < 1.29 is 13.6 Å². The van der Waals surface area contributed by atoms with Crippen LogP contribution in [0.25, 0.3) is 22.0 Å². The van der Waals surface area contributed by atoms with Gasteiger partial charge in [0, 0.05) is 41.2 Å². The minimum atomic E-state index is -2.55. The number of hydrogen-bond donors (Lipinski definition) is 3. The van der Waals surface area contributed by atoms with E-state index in [1.807, 2.05) is 24.3 Å². The van der Waals surface area contributed by atoms with Crippen molar-refractivity contribution in [2.75, 3.05) is 10.6 Å². The average Bonchev–Trinajstić information content (AvgIpc) is 3.15. The molecule has 2 heterocycles. The van der Waals surface area contributed by atoms with Gasteiger partial charge in [0.1, 0.15) is 0 Å². The zero-order valence-corrected chi connectivity index (χ0v) is 16.4. The molecule has 31 heavy (non-hydrogen) atoms. The molecule has 0 unspecified atom stereocenters. The topological polar surface area (TPSA) is 82.7 Å². The largest absolute Gasteiger partial charge is 0.359 e. The van der Waals surface area contributed by atoms with Crippen LogP contribution >= 0.6 is 0 Å². The van der Waals surface area contributed by atoms with Crippen LogP contribution in [-0.2, 0) is 0 Å². The number of alkyl halides is 2. The van der Waals surface area contributed by atoms with Gasteiger partial charge in [0.15, 0.2) is 0 Å². The Bertz CT molecular complexity index is 1230. The predicted molar refractivity (Wildman–Crippen MR) is 115 cm³/mol. The summed E-state index contributed by atoms with van der Waals surface area (Å²) in [5.74, 6) is -2.66. The van der Waals surface area contributed by atoms with Crippen LogP contribution in [0.4, 0.5) is 25.0 Å². The molecule has 0 aliphatic heterocycles. The van der Waals surface area contributed by atoms with Crippen LogP contribution in [0.5, 0.6) is 0 Å². The lowest BCUT2D eigenvalue weighted by Crippen LogP contribution is -2.33. The molecule has 2 aromatic heterocycles. The van der Waals surface area contributed by atoms with Gasteiger partial charge < -0.3 is 15.6 Å². The second-order valence-electron chi connectivity index (χ2n) is 7.76. The molecule has 4 aromatic rings. The molecule has 8 heteroatoms. The van der Waals surface area contributed by atoms with Gasteiger partial charge in [0.25, 0.3) is 0 Å². The van der Waals surface area contributed by atoms with Gasteiger partial charge in [-0.05, 0) is 47.4 Å². The van der Waals surface area contributed by atoms with Crippen molar-refractivity contribution in [2.24, 2.45) is 0 Å². The number of aromatic nitrogens is 3. The minimum Gasteiger partial charge on any atom is -0.359 e. The molecular formula is C23H19F2N5O. The van der Waals surface area contributed by atoms with E-state index in [4.69, 9.17) is 0 Å². The quantitative estimate of drug-likeness (QED) is 0.392. The number of hydrogen-bond acceptors (Lipinski definition) is 3. The number of anilines is 2. The minimum absolute atomic E-state index is 0.113. The zero-order valence-electron chi connectivity index (χ0n) is 16.4. The van der Waals surface area contributed by atoms with Gasteiger partial charge in [-0.15, -0.1) is 0 Å². The number of halogens is 2. The van der Waals surface area contributed by atoms with Crippen molar-refractivity contribution in [1.82, 2.24) is 15.2 Å². The highest BCUT2D eigenvalue weighted by Gasteiger charge is 2.45. The fraction of sp³-hybridized carbons (Fsp3) is 0.174. The summed E-state index contributed by atoms with van der Waals surface area (Å²) in [6.07, 6.45) is 4.82. The van der Waals surface area contributed by atoms with Gasteiger partial charge in [0.2, 0.25) is 5.92 Å². The fourth-order valence-electron chi connectivity index (χ4n) is 3.89. The van der Waals surface area contributed by atoms with Gasteiger partial charge in [-0.3, -0.25) is 0 Å². The summed E-state index contributed by atoms with van der Waals surface area (Å²) in [6.45, 7) is 0. The molecule has 2 aromatic carbocycles. The first-order chi connectivity index (χ1) is 15.0. The molecule has 0 spiro atoms. The molecule has 1 aliphatic carbocycles. The van der Waals surface area contributed by atoms with Crippen molar-refractivity contribution in [3.63, 3.8) is 0 Å². The molecule has 0 radical (unpaired) electrons. The summed E-state index contributed by atoms with van der Waals surface area (Å²) in [7, 11) is 0. The van der Waals surface area contributed by atoms with E-state index in [0.29, 0.717) is 11.4 Å². The SMILES string of the molecule is O=C(Nc1ccc(C2CC(F)(F)C2)cc1)Nc1c[nH]c2ccc(-c3ccnnc3)cc12. The maximum absolute atomic E-state index is 13.1. The Kier molecular flexibility index (Phi) is 4.62. The fourth-order valence-corrected chi connectivity index (χ4v) is 3.89. The molecule has 1 saturated carbocycles. The monoisotopic (exact) mass is 419 g/mol. The Morgan fingerprint density at radius 3 is 2.52 bits per heavy atom. The molecule has 5 rings (SSSR count). The molecule has 0 atom stereocenters. The van der Waals surface area contributed by atoms with Crippen LogP contribution in [0.15, 0.2) is 67.1 Å². The van der Waals surface area contributed by atoms with Crippen molar-refractivity contribution in [3.8, 4) is 11.1 Å². The lowest BCUT2D eigenvalue weighted by molar-refractivity contribution is -0.0867. The number of aromatic amines is 1. The number of carbonyl (C=O) groups is 1. The Balaban J connectivity index is 1.28. The van der Waals surface area contributed by atoms with Gasteiger partial charge in [0.05, 0.1) is 18.1 Å². The van der Waals surface area contributed by atoms with E-state index in [9.17, 15) is 13.6 Å². The lowest BCUT2D eigenvalue weighted by Gasteiger charge is -2.35. The van der Waals surface area contributed by atoms with Crippen LogP contribution in [0, 0.1) is 0 Å². The van der Waals surface area contributed by atoms with Crippen molar-refractivity contribution in [3.05, 3.63) is 72.7 Å². The Morgan fingerprint density at radius 1 is 1.00 bits per heavy atom. The third-order valence-electron chi connectivity index (χ3n) is 5.58. The van der Waals surface area contributed by atoms with E-state index in [1.54, 1.807) is 42.9 Å². The standard InChI is InChI=1S/C23H19F2N5O/c24-23(25)10-17(11-23)14-1-4-18(5-2-14)29-22(31)30-21-13-26-20-6-3-15(9-19(20)21)16-7-8-27-28-12-16/h1-9,12-13,17,26H,10-11H2,(H2,29,30,31). The molecule has 1 aliphatic rings. The molecule has 156 valence electrons. The van der Waals surface area contributed by atoms with Crippen LogP contribution in [0.2, 0.25) is 0 Å². The molecule has 6 nitrogen and oxygen atoms in total. The van der Waals surface area contributed by atoms with Crippen molar-refractivity contribution in [2.45, 2.75) is 24.7 Å². The maximum Gasteiger partial charge on any atom is 0.323 e. The highest BCUT2D eigenvalue weighted by Crippen LogP contribution is 2.48. The number of fused-ring (bicyclic) bond motifs is 1. The van der Waals surface area contributed by atoms with Crippen LogP contribution < -0.4 is 10.6 Å². The van der Waals surface area contributed by atoms with Crippen molar-refractivity contribution in [1.29, 1.82) is 0 Å². The molecule has 2 amide bonds. The van der Waals surface area contributed by atoms with Gasteiger partial charge in [-0.25, -0.2) is 13.6 Å². The van der Waals surface area contributed by atoms with Crippen LogP contribution in [-0.4, -0.2) is 27.1 Å². The van der Waals surface area contributed by atoms with E-state index < -0.39 is 5.92 Å². The maximum atomic E-state index is 13.1. The average molecular weight is 419 g/mol. The second kappa shape index (κ2) is 7.46. The Hall–Kier alpha value is -3.81. The predicted octanol–water partition coefficient (Wildman–Crippen LogP) is 5.78. The zero-order chi connectivity index (χ0) is 21.4. The summed E-state index contributed by atoms with van der Waals surface area (Å²) in [5, 5.41) is 14.2. The third kappa shape index (κ3) is 3.96. The van der Waals surface area contributed by atoms with Crippen LogP contribution in [0.1, 0.15) is 24.3 Å². The molecule has 3 N–H and O–H groups in total. The smallest absolute Gasteiger partial charge is 0.323 e. The van der Waals surface area contributed by atoms with E-state index in [2.05, 4.69) is 25.8 Å². The normalized spacial score (nSPS) is 15.4. The Labute approximate surface area is 176 Å². The lowest BCUT2D eigenvalue weighted by atomic mass is 9.77. The number of carbonyl (C=O) groups excluding carboxylic acids is 1. The molecular weight excluding hydrogens is 400 g/mol. The summed E-state index contributed by atoms with van der Waals surface area (Å²) in [5.41, 5.74) is 4.88. The first kappa shape index (κ1) is 19.2. The van der Waals surface area contributed by atoms with E-state index in [0.717, 1.165) is 27.6 Å². The summed E-state index contributed by atoms with van der Waals surface area (Å²) in [4.78, 5) is 15.6. The molecule has 0 bridgehead atoms. The number of nitrogens with zero attached hydrogens (tertiary/aromatic N) is 2. The van der Waals surface area contributed by atoms with Crippen molar-refractivity contribution >= 4 is 28.3 Å². The number of benzene rings is 2. The number of rotatable bonds is 4. The van der Waals surface area contributed by atoms with Gasteiger partial charge in [-0.2, -0.15) is 10.2 Å². The summed E-state index contributed by atoms with van der Waals surface area (Å²) < 4.78 is 26.1. The summed E-state index contributed by atoms with van der Waals surface area (Å²) >= 11 is 0. The number of urea groups is 1. The summed E-state index contributed by atoms with van der Waals surface area (Å²) in [6, 6.07) is 14.4. The highest BCUT2D eigenvalue weighted by molar-refractivity contribution is 6.06. The molecule has 0 saturated heterocycles. The van der Waals surface area contributed by atoms with Gasteiger partial charge in [-0.1, -0.05) is 18.2 Å². The third-order valence-corrected chi connectivity index (χ3v) is 5.58. The van der Waals surface area contributed by atoms with E-state index in [1.165, 1.54) is 0 Å². The Morgan fingerprint density at radius 2 is 1.81 bits per heavy atom. The number of H-pyrrole nitrogens is 1. The second-order valence-corrected chi connectivity index (χ2v) is 7.76. The van der Waals surface area contributed by atoms with E-state index in [-0.39, 0.29) is 24.8 Å². The number of amides is 2. The van der Waals surface area contributed by atoms with Gasteiger partial charge >= 0.3 is 6.03 Å². The first-order valence-electron chi connectivity index (χ1n) is 9.91. The van der Waals surface area contributed by atoms with E-state index >= 15 is 0 Å². The highest BCUT2D eigenvalue weighted by atomic mass is 19.3. The number of nitrogens with one attached hydrogen (secondary N) is 3.